The van der Waals surface area contributed by atoms with Crippen LogP contribution in [0.15, 0.2) is 18.2 Å². The Kier molecular flexibility index (Phi) is 3.50. The molecule has 1 fully saturated rings. The number of aliphatic hydroxyl groups excluding tert-OH is 1. The van der Waals surface area contributed by atoms with Crippen molar-refractivity contribution in [1.82, 2.24) is 0 Å². The normalized spacial score (nSPS) is 20.0. The first-order valence-electron chi connectivity index (χ1n) is 5.93. The van der Waals surface area contributed by atoms with E-state index in [1.54, 1.807) is 6.07 Å². The number of anilines is 2. The molecule has 3 N–H and O–H groups in total. The van der Waals surface area contributed by atoms with E-state index in [9.17, 15) is 5.11 Å². The van der Waals surface area contributed by atoms with Gasteiger partial charge in [0.15, 0.2) is 0 Å². The van der Waals surface area contributed by atoms with Gasteiger partial charge in [0.25, 0.3) is 0 Å². The van der Waals surface area contributed by atoms with Crippen LogP contribution in [0.4, 0.5) is 11.4 Å². The molecule has 4 nitrogen and oxygen atoms in total. The second kappa shape index (κ2) is 5.07. The van der Waals surface area contributed by atoms with E-state index in [2.05, 4.69) is 11.0 Å². The van der Waals surface area contributed by atoms with E-state index in [0.717, 1.165) is 31.5 Å². The van der Waals surface area contributed by atoms with Gasteiger partial charge in [-0.25, -0.2) is 0 Å². The molecule has 1 saturated heterocycles. The van der Waals surface area contributed by atoms with Crippen molar-refractivity contribution in [3.63, 3.8) is 0 Å². The molecule has 1 atom stereocenters. The average Bonchev–Trinajstić information content (AvgIpc) is 2.38. The second-order valence-corrected chi connectivity index (χ2v) is 4.41. The number of hydrogen-bond acceptors (Lipinski definition) is 4. The molecule has 1 aliphatic rings. The molecule has 0 spiro atoms. The Labute approximate surface area is 101 Å². The first-order valence-corrected chi connectivity index (χ1v) is 5.93. The van der Waals surface area contributed by atoms with Gasteiger partial charge < -0.3 is 15.7 Å². The Balaban J connectivity index is 2.26. The zero-order chi connectivity index (χ0) is 12.3. The molecule has 1 heterocycles. The third-order valence-electron chi connectivity index (χ3n) is 3.33. The molecule has 1 aromatic rings. The molecule has 0 saturated carbocycles. The van der Waals surface area contributed by atoms with Crippen molar-refractivity contribution in [2.24, 2.45) is 0 Å². The summed E-state index contributed by atoms with van der Waals surface area (Å²) in [5.41, 5.74) is 7.83. The lowest BCUT2D eigenvalue weighted by Gasteiger charge is -2.36. The minimum Gasteiger partial charge on any atom is -0.398 e. The molecule has 17 heavy (non-hydrogen) atoms. The number of nitrogens with two attached hydrogens (primary N) is 1. The van der Waals surface area contributed by atoms with Crippen molar-refractivity contribution >= 4 is 11.4 Å². The van der Waals surface area contributed by atoms with E-state index < -0.39 is 0 Å². The summed E-state index contributed by atoms with van der Waals surface area (Å²) in [6, 6.07) is 7.71. The molecular weight excluding hydrogens is 214 g/mol. The highest BCUT2D eigenvalue weighted by Gasteiger charge is 2.22. The van der Waals surface area contributed by atoms with E-state index in [4.69, 9.17) is 11.0 Å². The molecular formula is C13H17N3O. The van der Waals surface area contributed by atoms with E-state index in [1.807, 2.05) is 12.1 Å². The minimum absolute atomic E-state index is 0.167. The Hall–Kier alpha value is -1.73. The van der Waals surface area contributed by atoms with E-state index in [-0.39, 0.29) is 12.6 Å². The third kappa shape index (κ3) is 2.34. The summed E-state index contributed by atoms with van der Waals surface area (Å²) in [7, 11) is 0. The van der Waals surface area contributed by atoms with Crippen LogP contribution in [0.2, 0.25) is 0 Å². The molecule has 0 amide bonds. The molecule has 0 bridgehead atoms. The van der Waals surface area contributed by atoms with Gasteiger partial charge in [-0.15, -0.1) is 0 Å². The number of nitriles is 1. The number of nitrogens with zero attached hydrogens (tertiary/aromatic N) is 2. The summed E-state index contributed by atoms with van der Waals surface area (Å²) in [5, 5.41) is 18.2. The number of nitrogen functional groups attached to an aromatic ring is 1. The molecule has 1 aromatic carbocycles. The average molecular weight is 231 g/mol. The summed E-state index contributed by atoms with van der Waals surface area (Å²) in [5.74, 6) is 0. The fourth-order valence-corrected chi connectivity index (χ4v) is 2.36. The van der Waals surface area contributed by atoms with E-state index in [0.29, 0.717) is 11.3 Å². The third-order valence-corrected chi connectivity index (χ3v) is 3.33. The van der Waals surface area contributed by atoms with Gasteiger partial charge in [-0.05, 0) is 37.5 Å². The summed E-state index contributed by atoms with van der Waals surface area (Å²) < 4.78 is 0. The molecule has 0 radical (unpaired) electrons. The van der Waals surface area contributed by atoms with Crippen LogP contribution < -0.4 is 10.6 Å². The molecule has 90 valence electrons. The van der Waals surface area contributed by atoms with Crippen LogP contribution in [0.1, 0.15) is 24.8 Å². The quantitative estimate of drug-likeness (QED) is 0.756. The van der Waals surface area contributed by atoms with Crippen molar-refractivity contribution in [2.45, 2.75) is 25.3 Å². The maximum Gasteiger partial charge on any atom is 0.101 e. The largest absolute Gasteiger partial charge is 0.398 e. The van der Waals surface area contributed by atoms with Crippen molar-refractivity contribution in [1.29, 1.82) is 5.26 Å². The standard InChI is InChI=1S/C13H17N3O/c14-8-10-4-5-11(7-13(10)15)16-6-2-1-3-12(16)9-17/h4-5,7,12,17H,1-3,6,9,15H2. The molecule has 0 aliphatic carbocycles. The SMILES string of the molecule is N#Cc1ccc(N2CCCCC2CO)cc1N. The summed E-state index contributed by atoms with van der Waals surface area (Å²) >= 11 is 0. The van der Waals surface area contributed by atoms with Crippen LogP contribution in [0.25, 0.3) is 0 Å². The number of aliphatic hydroxyl groups is 1. The summed E-state index contributed by atoms with van der Waals surface area (Å²) in [4.78, 5) is 2.18. The number of benzene rings is 1. The first kappa shape index (κ1) is 11.7. The fraction of sp³-hybridized carbons (Fsp3) is 0.462. The lowest BCUT2D eigenvalue weighted by atomic mass is 10.0. The van der Waals surface area contributed by atoms with Crippen LogP contribution in [-0.4, -0.2) is 24.3 Å². The highest BCUT2D eigenvalue weighted by atomic mass is 16.3. The lowest BCUT2D eigenvalue weighted by molar-refractivity contribution is 0.240. The van der Waals surface area contributed by atoms with Gasteiger partial charge in [-0.2, -0.15) is 5.26 Å². The van der Waals surface area contributed by atoms with Crippen molar-refractivity contribution in [3.05, 3.63) is 23.8 Å². The second-order valence-electron chi connectivity index (χ2n) is 4.41. The van der Waals surface area contributed by atoms with Crippen molar-refractivity contribution in [2.75, 3.05) is 23.8 Å². The summed E-state index contributed by atoms with van der Waals surface area (Å²) in [6.07, 6.45) is 3.31. The minimum atomic E-state index is 0.167. The smallest absolute Gasteiger partial charge is 0.101 e. The zero-order valence-corrected chi connectivity index (χ0v) is 9.76. The van der Waals surface area contributed by atoms with Gasteiger partial charge in [0.2, 0.25) is 0 Å². The van der Waals surface area contributed by atoms with Gasteiger partial charge in [0.1, 0.15) is 6.07 Å². The van der Waals surface area contributed by atoms with E-state index in [1.165, 1.54) is 0 Å². The number of hydrogen-bond donors (Lipinski definition) is 2. The van der Waals surface area contributed by atoms with Crippen LogP contribution in [0.3, 0.4) is 0 Å². The van der Waals surface area contributed by atoms with Crippen molar-refractivity contribution < 1.29 is 5.11 Å². The van der Waals surface area contributed by atoms with Gasteiger partial charge >= 0.3 is 0 Å². The molecule has 1 unspecified atom stereocenters. The predicted molar refractivity (Wildman–Crippen MR) is 67.6 cm³/mol. The lowest BCUT2D eigenvalue weighted by Crippen LogP contribution is -2.41. The Morgan fingerprint density at radius 1 is 1.47 bits per heavy atom. The van der Waals surface area contributed by atoms with E-state index >= 15 is 0 Å². The zero-order valence-electron chi connectivity index (χ0n) is 9.76. The molecule has 1 aliphatic heterocycles. The molecule has 2 rings (SSSR count). The number of rotatable bonds is 2. The number of piperidine rings is 1. The predicted octanol–water partition coefficient (Wildman–Crippen LogP) is 1.49. The van der Waals surface area contributed by atoms with Crippen LogP contribution in [0.5, 0.6) is 0 Å². The molecule has 4 heteroatoms. The maximum absolute atomic E-state index is 9.37. The highest BCUT2D eigenvalue weighted by molar-refractivity contribution is 5.64. The Morgan fingerprint density at radius 2 is 2.29 bits per heavy atom. The Morgan fingerprint density at radius 3 is 2.94 bits per heavy atom. The van der Waals surface area contributed by atoms with Gasteiger partial charge in [-0.1, -0.05) is 0 Å². The van der Waals surface area contributed by atoms with Crippen LogP contribution >= 0.6 is 0 Å². The topological polar surface area (TPSA) is 73.3 Å². The van der Waals surface area contributed by atoms with Crippen molar-refractivity contribution in [3.8, 4) is 6.07 Å². The maximum atomic E-state index is 9.37. The van der Waals surface area contributed by atoms with Gasteiger partial charge in [0.05, 0.1) is 23.9 Å². The Bertz CT molecular complexity index is 439. The highest BCUT2D eigenvalue weighted by Crippen LogP contribution is 2.27. The monoisotopic (exact) mass is 231 g/mol. The summed E-state index contributed by atoms with van der Waals surface area (Å²) in [6.45, 7) is 1.11. The first-order chi connectivity index (χ1) is 8.26. The van der Waals surface area contributed by atoms with Gasteiger partial charge in [-0.3, -0.25) is 0 Å². The van der Waals surface area contributed by atoms with Gasteiger partial charge in [0, 0.05) is 12.2 Å². The van der Waals surface area contributed by atoms with Crippen LogP contribution in [-0.2, 0) is 0 Å². The molecule has 0 aromatic heterocycles. The van der Waals surface area contributed by atoms with Crippen LogP contribution in [0, 0.1) is 11.3 Å². The fourth-order valence-electron chi connectivity index (χ4n) is 2.36.